The molecule has 0 atom stereocenters. The van der Waals surface area contributed by atoms with Crippen molar-refractivity contribution < 1.29 is 0 Å². The fourth-order valence-corrected chi connectivity index (χ4v) is 1.74. The summed E-state index contributed by atoms with van der Waals surface area (Å²) in [5.41, 5.74) is 1.36. The maximum absolute atomic E-state index is 11.5. The van der Waals surface area contributed by atoms with Crippen molar-refractivity contribution in [2.75, 3.05) is 0 Å². The highest BCUT2D eigenvalue weighted by atomic mass is 35.5. The molecule has 4 heteroatoms. The van der Waals surface area contributed by atoms with Crippen LogP contribution in [0.5, 0.6) is 0 Å². The van der Waals surface area contributed by atoms with E-state index in [1.54, 1.807) is 12.1 Å². The number of rotatable bonds is 2. The molecular formula is C13H13ClN2O. The molecule has 0 fully saturated rings. The van der Waals surface area contributed by atoms with Gasteiger partial charge >= 0.3 is 0 Å². The van der Waals surface area contributed by atoms with Crippen LogP contribution in [0.1, 0.15) is 25.6 Å². The van der Waals surface area contributed by atoms with Gasteiger partial charge in [-0.25, -0.2) is 4.98 Å². The summed E-state index contributed by atoms with van der Waals surface area (Å²) in [6.07, 6.45) is 0. The SMILES string of the molecule is CC(C)c1nc(-c2cccc(Cl)c2)cc(=O)[nH]1. The number of halogens is 1. The predicted molar refractivity (Wildman–Crippen MR) is 69.4 cm³/mol. The summed E-state index contributed by atoms with van der Waals surface area (Å²) in [4.78, 5) is 18.7. The summed E-state index contributed by atoms with van der Waals surface area (Å²) in [6, 6.07) is 8.81. The molecule has 0 saturated heterocycles. The molecule has 0 amide bonds. The zero-order chi connectivity index (χ0) is 12.4. The summed E-state index contributed by atoms with van der Waals surface area (Å²) in [5, 5.41) is 0.635. The van der Waals surface area contributed by atoms with E-state index >= 15 is 0 Å². The normalized spacial score (nSPS) is 10.8. The van der Waals surface area contributed by atoms with Crippen molar-refractivity contribution in [3.8, 4) is 11.3 Å². The fraction of sp³-hybridized carbons (Fsp3) is 0.231. The molecule has 0 radical (unpaired) electrons. The van der Waals surface area contributed by atoms with E-state index in [-0.39, 0.29) is 11.5 Å². The van der Waals surface area contributed by atoms with Crippen LogP contribution in [0.15, 0.2) is 35.1 Å². The molecule has 2 rings (SSSR count). The zero-order valence-electron chi connectivity index (χ0n) is 9.70. The lowest BCUT2D eigenvalue weighted by molar-refractivity contribution is 0.768. The first-order chi connectivity index (χ1) is 8.06. The molecule has 0 unspecified atom stereocenters. The molecule has 0 aliphatic rings. The highest BCUT2D eigenvalue weighted by Crippen LogP contribution is 2.20. The van der Waals surface area contributed by atoms with Gasteiger partial charge in [-0.05, 0) is 12.1 Å². The Labute approximate surface area is 104 Å². The monoisotopic (exact) mass is 248 g/mol. The van der Waals surface area contributed by atoms with E-state index in [4.69, 9.17) is 11.6 Å². The molecule has 1 aromatic carbocycles. The van der Waals surface area contributed by atoms with Gasteiger partial charge in [0.2, 0.25) is 0 Å². The molecule has 0 spiro atoms. The molecule has 2 aromatic rings. The van der Waals surface area contributed by atoms with Crippen molar-refractivity contribution >= 4 is 11.6 Å². The van der Waals surface area contributed by atoms with Crippen molar-refractivity contribution in [2.24, 2.45) is 0 Å². The first-order valence-corrected chi connectivity index (χ1v) is 5.81. The number of H-pyrrole nitrogens is 1. The standard InChI is InChI=1S/C13H13ClN2O/c1-8(2)13-15-11(7-12(17)16-13)9-4-3-5-10(14)6-9/h3-8H,1-2H3,(H,15,16,17). The maximum atomic E-state index is 11.5. The molecule has 0 aliphatic heterocycles. The first-order valence-electron chi connectivity index (χ1n) is 5.43. The molecule has 3 nitrogen and oxygen atoms in total. The molecule has 0 aliphatic carbocycles. The van der Waals surface area contributed by atoms with Gasteiger partial charge in [0.05, 0.1) is 5.69 Å². The van der Waals surface area contributed by atoms with Crippen LogP contribution in [0.3, 0.4) is 0 Å². The number of aromatic nitrogens is 2. The van der Waals surface area contributed by atoms with E-state index in [0.717, 1.165) is 5.56 Å². The summed E-state index contributed by atoms with van der Waals surface area (Å²) < 4.78 is 0. The van der Waals surface area contributed by atoms with Crippen LogP contribution >= 0.6 is 11.6 Å². The molecule has 1 N–H and O–H groups in total. The van der Waals surface area contributed by atoms with Gasteiger partial charge in [-0.2, -0.15) is 0 Å². The Morgan fingerprint density at radius 1 is 1.29 bits per heavy atom. The molecule has 0 bridgehead atoms. The largest absolute Gasteiger partial charge is 0.310 e. The number of benzene rings is 1. The van der Waals surface area contributed by atoms with Gasteiger partial charge in [0.15, 0.2) is 0 Å². The van der Waals surface area contributed by atoms with E-state index in [0.29, 0.717) is 16.5 Å². The van der Waals surface area contributed by atoms with Crippen molar-refractivity contribution in [1.29, 1.82) is 0 Å². The third-order valence-corrected chi connectivity index (χ3v) is 2.66. The number of aromatic amines is 1. The van der Waals surface area contributed by atoms with Gasteiger partial charge in [-0.1, -0.05) is 37.6 Å². The number of nitrogens with one attached hydrogen (secondary N) is 1. The van der Waals surface area contributed by atoms with Crippen LogP contribution < -0.4 is 5.56 Å². The lowest BCUT2D eigenvalue weighted by Crippen LogP contribution is -2.12. The molecule has 1 aromatic heterocycles. The Bertz CT molecular complexity index is 590. The lowest BCUT2D eigenvalue weighted by atomic mass is 10.1. The van der Waals surface area contributed by atoms with Crippen LogP contribution in [-0.2, 0) is 0 Å². The third kappa shape index (κ3) is 2.74. The average molecular weight is 249 g/mol. The van der Waals surface area contributed by atoms with Gasteiger partial charge in [-0.15, -0.1) is 0 Å². The second-order valence-electron chi connectivity index (χ2n) is 4.18. The second kappa shape index (κ2) is 4.72. The highest BCUT2D eigenvalue weighted by Gasteiger charge is 2.07. The average Bonchev–Trinajstić information content (AvgIpc) is 2.28. The smallest absolute Gasteiger partial charge is 0.251 e. The summed E-state index contributed by atoms with van der Waals surface area (Å²) in [7, 11) is 0. The number of nitrogens with zero attached hydrogens (tertiary/aromatic N) is 1. The van der Waals surface area contributed by atoms with Gasteiger partial charge in [-0.3, -0.25) is 4.79 Å². The summed E-state index contributed by atoms with van der Waals surface area (Å²) in [6.45, 7) is 3.97. The van der Waals surface area contributed by atoms with Gasteiger partial charge < -0.3 is 4.98 Å². The van der Waals surface area contributed by atoms with Gasteiger partial charge in [0, 0.05) is 22.6 Å². The minimum Gasteiger partial charge on any atom is -0.310 e. The molecule has 0 saturated carbocycles. The number of hydrogen-bond donors (Lipinski definition) is 1. The van der Waals surface area contributed by atoms with Crippen LogP contribution in [0.2, 0.25) is 5.02 Å². The molecular weight excluding hydrogens is 236 g/mol. The van der Waals surface area contributed by atoms with E-state index < -0.39 is 0 Å². The Morgan fingerprint density at radius 2 is 2.06 bits per heavy atom. The van der Waals surface area contributed by atoms with Crippen molar-refractivity contribution in [1.82, 2.24) is 9.97 Å². The zero-order valence-corrected chi connectivity index (χ0v) is 10.5. The van der Waals surface area contributed by atoms with Crippen LogP contribution in [-0.4, -0.2) is 9.97 Å². The van der Waals surface area contributed by atoms with E-state index in [9.17, 15) is 4.79 Å². The van der Waals surface area contributed by atoms with Crippen molar-refractivity contribution in [2.45, 2.75) is 19.8 Å². The van der Waals surface area contributed by atoms with Gasteiger partial charge in [0.1, 0.15) is 5.82 Å². The third-order valence-electron chi connectivity index (χ3n) is 2.43. The lowest BCUT2D eigenvalue weighted by Gasteiger charge is -2.07. The highest BCUT2D eigenvalue weighted by molar-refractivity contribution is 6.30. The Kier molecular flexibility index (Phi) is 3.29. The summed E-state index contributed by atoms with van der Waals surface area (Å²) >= 11 is 5.92. The number of hydrogen-bond acceptors (Lipinski definition) is 2. The molecule has 88 valence electrons. The van der Waals surface area contributed by atoms with Crippen LogP contribution in [0.25, 0.3) is 11.3 Å². The predicted octanol–water partition coefficient (Wildman–Crippen LogP) is 3.21. The fourth-order valence-electron chi connectivity index (χ4n) is 1.55. The Morgan fingerprint density at radius 3 is 2.71 bits per heavy atom. The van der Waals surface area contributed by atoms with E-state index in [1.807, 2.05) is 26.0 Å². The van der Waals surface area contributed by atoms with Crippen LogP contribution in [0.4, 0.5) is 0 Å². The van der Waals surface area contributed by atoms with E-state index in [2.05, 4.69) is 9.97 Å². The van der Waals surface area contributed by atoms with E-state index in [1.165, 1.54) is 6.07 Å². The molecule has 1 heterocycles. The van der Waals surface area contributed by atoms with Crippen molar-refractivity contribution in [3.05, 3.63) is 51.5 Å². The maximum Gasteiger partial charge on any atom is 0.251 e. The Hall–Kier alpha value is -1.61. The molecule has 17 heavy (non-hydrogen) atoms. The Balaban J connectivity index is 2.56. The minimum atomic E-state index is -0.140. The van der Waals surface area contributed by atoms with Crippen LogP contribution in [0, 0.1) is 0 Å². The van der Waals surface area contributed by atoms with Gasteiger partial charge in [0.25, 0.3) is 5.56 Å². The minimum absolute atomic E-state index is 0.140. The first kappa shape index (κ1) is 11.9. The topological polar surface area (TPSA) is 45.8 Å². The quantitative estimate of drug-likeness (QED) is 0.887. The summed E-state index contributed by atoms with van der Waals surface area (Å²) in [5.74, 6) is 0.870. The second-order valence-corrected chi connectivity index (χ2v) is 4.62. The van der Waals surface area contributed by atoms with Crippen molar-refractivity contribution in [3.63, 3.8) is 0 Å².